The van der Waals surface area contributed by atoms with Crippen LogP contribution in [0.5, 0.6) is 0 Å². The van der Waals surface area contributed by atoms with Crippen LogP contribution in [0.25, 0.3) is 11.0 Å². The first-order valence-corrected chi connectivity index (χ1v) is 6.75. The number of aryl methyl sites for hydroxylation is 1. The highest BCUT2D eigenvalue weighted by molar-refractivity contribution is 5.84. The summed E-state index contributed by atoms with van der Waals surface area (Å²) in [5.74, 6) is 0.781. The van der Waals surface area contributed by atoms with Crippen molar-refractivity contribution in [3.63, 3.8) is 0 Å². The highest BCUT2D eigenvalue weighted by atomic mass is 15.1. The molecule has 102 valence electrons. The molecule has 5 heteroatoms. The maximum absolute atomic E-state index is 4.38. The van der Waals surface area contributed by atoms with E-state index < -0.39 is 0 Å². The van der Waals surface area contributed by atoms with E-state index >= 15 is 0 Å². The SMILES string of the molecule is CCC(Nc1ncnc2cccnc12)c1cc[nH]c1C. The van der Waals surface area contributed by atoms with Crippen LogP contribution in [-0.4, -0.2) is 19.9 Å². The number of pyridine rings is 1. The number of nitrogens with zero attached hydrogens (tertiary/aromatic N) is 3. The standard InChI is InChI=1S/C15H17N5/c1-3-12(11-6-8-16-10(11)2)20-15-14-13(18-9-19-15)5-4-7-17-14/h4-9,12,16H,3H2,1-2H3,(H,18,19,20). The Balaban J connectivity index is 1.98. The van der Waals surface area contributed by atoms with Crippen LogP contribution in [0, 0.1) is 6.92 Å². The number of fused-ring (bicyclic) bond motifs is 1. The molecule has 0 aromatic carbocycles. The van der Waals surface area contributed by atoms with Gasteiger partial charge in [-0.1, -0.05) is 6.92 Å². The molecule has 0 bridgehead atoms. The quantitative estimate of drug-likeness (QED) is 0.761. The van der Waals surface area contributed by atoms with Crippen molar-refractivity contribution in [3.05, 3.63) is 48.2 Å². The molecule has 1 unspecified atom stereocenters. The van der Waals surface area contributed by atoms with Crippen LogP contribution in [-0.2, 0) is 0 Å². The molecule has 0 amide bonds. The summed E-state index contributed by atoms with van der Waals surface area (Å²) in [5.41, 5.74) is 4.10. The second-order valence-electron chi connectivity index (χ2n) is 4.76. The Labute approximate surface area is 117 Å². The molecule has 3 aromatic heterocycles. The molecule has 3 aromatic rings. The van der Waals surface area contributed by atoms with Gasteiger partial charge in [0.2, 0.25) is 0 Å². The van der Waals surface area contributed by atoms with Gasteiger partial charge >= 0.3 is 0 Å². The fourth-order valence-electron chi connectivity index (χ4n) is 2.41. The van der Waals surface area contributed by atoms with E-state index in [4.69, 9.17) is 0 Å². The maximum atomic E-state index is 4.38. The van der Waals surface area contributed by atoms with E-state index in [0.717, 1.165) is 23.3 Å². The number of anilines is 1. The van der Waals surface area contributed by atoms with Crippen molar-refractivity contribution in [2.45, 2.75) is 26.3 Å². The zero-order chi connectivity index (χ0) is 13.9. The summed E-state index contributed by atoms with van der Waals surface area (Å²) >= 11 is 0. The van der Waals surface area contributed by atoms with Gasteiger partial charge < -0.3 is 10.3 Å². The van der Waals surface area contributed by atoms with Crippen LogP contribution in [0.3, 0.4) is 0 Å². The fourth-order valence-corrected chi connectivity index (χ4v) is 2.41. The monoisotopic (exact) mass is 267 g/mol. The van der Waals surface area contributed by atoms with Crippen molar-refractivity contribution in [2.24, 2.45) is 0 Å². The minimum atomic E-state index is 0.210. The third-order valence-corrected chi connectivity index (χ3v) is 3.48. The number of nitrogens with one attached hydrogen (secondary N) is 2. The molecule has 20 heavy (non-hydrogen) atoms. The third-order valence-electron chi connectivity index (χ3n) is 3.48. The smallest absolute Gasteiger partial charge is 0.156 e. The summed E-state index contributed by atoms with van der Waals surface area (Å²) in [6.45, 7) is 4.23. The van der Waals surface area contributed by atoms with Crippen molar-refractivity contribution in [2.75, 3.05) is 5.32 Å². The van der Waals surface area contributed by atoms with Crippen molar-refractivity contribution < 1.29 is 0 Å². The second kappa shape index (κ2) is 5.28. The maximum Gasteiger partial charge on any atom is 0.156 e. The number of aromatic amines is 1. The van der Waals surface area contributed by atoms with E-state index in [1.165, 1.54) is 11.3 Å². The van der Waals surface area contributed by atoms with Gasteiger partial charge in [-0.3, -0.25) is 4.98 Å². The zero-order valence-electron chi connectivity index (χ0n) is 11.6. The Morgan fingerprint density at radius 3 is 2.90 bits per heavy atom. The summed E-state index contributed by atoms with van der Waals surface area (Å²) in [4.78, 5) is 16.2. The molecule has 0 aliphatic rings. The van der Waals surface area contributed by atoms with E-state index in [-0.39, 0.29) is 6.04 Å². The largest absolute Gasteiger partial charge is 0.365 e. The molecule has 0 saturated carbocycles. The number of hydrogen-bond donors (Lipinski definition) is 2. The van der Waals surface area contributed by atoms with Gasteiger partial charge in [-0.2, -0.15) is 0 Å². The molecule has 0 aliphatic carbocycles. The Morgan fingerprint density at radius 1 is 1.25 bits per heavy atom. The second-order valence-corrected chi connectivity index (χ2v) is 4.76. The molecule has 1 atom stereocenters. The van der Waals surface area contributed by atoms with Crippen molar-refractivity contribution >= 4 is 16.9 Å². The van der Waals surface area contributed by atoms with Gasteiger partial charge in [0.15, 0.2) is 5.82 Å². The zero-order valence-corrected chi connectivity index (χ0v) is 11.6. The highest BCUT2D eigenvalue weighted by Crippen LogP contribution is 2.26. The molecule has 0 fully saturated rings. The minimum Gasteiger partial charge on any atom is -0.365 e. The van der Waals surface area contributed by atoms with Crippen LogP contribution in [0.2, 0.25) is 0 Å². The number of H-pyrrole nitrogens is 1. The van der Waals surface area contributed by atoms with Crippen LogP contribution in [0.15, 0.2) is 36.9 Å². The first kappa shape index (κ1) is 12.6. The number of rotatable bonds is 4. The molecule has 3 rings (SSSR count). The van der Waals surface area contributed by atoms with Crippen molar-refractivity contribution in [1.29, 1.82) is 0 Å². The molecule has 0 radical (unpaired) electrons. The predicted octanol–water partition coefficient (Wildman–Crippen LogP) is 3.22. The topological polar surface area (TPSA) is 66.5 Å². The summed E-state index contributed by atoms with van der Waals surface area (Å²) in [5, 5.41) is 3.48. The highest BCUT2D eigenvalue weighted by Gasteiger charge is 2.15. The number of hydrogen-bond acceptors (Lipinski definition) is 4. The molecule has 0 spiro atoms. The molecular weight excluding hydrogens is 250 g/mol. The Morgan fingerprint density at radius 2 is 2.15 bits per heavy atom. The molecular formula is C15H17N5. The minimum absolute atomic E-state index is 0.210. The van der Waals surface area contributed by atoms with Crippen molar-refractivity contribution in [3.8, 4) is 0 Å². The normalized spacial score (nSPS) is 12.5. The summed E-state index contributed by atoms with van der Waals surface area (Å²) in [7, 11) is 0. The van der Waals surface area contributed by atoms with E-state index in [1.54, 1.807) is 12.5 Å². The first-order chi connectivity index (χ1) is 9.79. The average Bonchev–Trinajstić information content (AvgIpc) is 2.91. The fraction of sp³-hybridized carbons (Fsp3) is 0.267. The van der Waals surface area contributed by atoms with Gasteiger partial charge in [0.25, 0.3) is 0 Å². The van der Waals surface area contributed by atoms with Crippen LogP contribution in [0.4, 0.5) is 5.82 Å². The summed E-state index contributed by atoms with van der Waals surface area (Å²) in [6.07, 6.45) is 6.27. The molecule has 5 nitrogen and oxygen atoms in total. The van der Waals surface area contributed by atoms with E-state index in [9.17, 15) is 0 Å². The lowest BCUT2D eigenvalue weighted by Crippen LogP contribution is -2.12. The van der Waals surface area contributed by atoms with Crippen molar-refractivity contribution in [1.82, 2.24) is 19.9 Å². The van der Waals surface area contributed by atoms with E-state index in [1.807, 2.05) is 18.3 Å². The van der Waals surface area contributed by atoms with Gasteiger partial charge in [0.1, 0.15) is 11.8 Å². The number of aromatic nitrogens is 4. The average molecular weight is 267 g/mol. The van der Waals surface area contributed by atoms with Gasteiger partial charge in [0, 0.05) is 18.1 Å². The lowest BCUT2D eigenvalue weighted by molar-refractivity contribution is 0.740. The Bertz CT molecular complexity index is 714. The van der Waals surface area contributed by atoms with Gasteiger partial charge in [-0.05, 0) is 37.1 Å². The van der Waals surface area contributed by atoms with E-state index in [0.29, 0.717) is 0 Å². The van der Waals surface area contributed by atoms with Crippen LogP contribution in [0.1, 0.15) is 30.6 Å². The van der Waals surface area contributed by atoms with Gasteiger partial charge in [0.05, 0.1) is 11.6 Å². The molecule has 2 N–H and O–H groups in total. The Hall–Kier alpha value is -2.43. The molecule has 0 aliphatic heterocycles. The van der Waals surface area contributed by atoms with E-state index in [2.05, 4.69) is 45.2 Å². The third kappa shape index (κ3) is 2.22. The van der Waals surface area contributed by atoms with Crippen LogP contribution < -0.4 is 5.32 Å². The predicted molar refractivity (Wildman–Crippen MR) is 79.5 cm³/mol. The summed E-state index contributed by atoms with van der Waals surface area (Å²) in [6, 6.07) is 6.14. The molecule has 3 heterocycles. The Kier molecular flexibility index (Phi) is 3.33. The van der Waals surface area contributed by atoms with Gasteiger partial charge in [-0.25, -0.2) is 9.97 Å². The van der Waals surface area contributed by atoms with Crippen LogP contribution >= 0.6 is 0 Å². The summed E-state index contributed by atoms with van der Waals surface area (Å²) < 4.78 is 0. The lowest BCUT2D eigenvalue weighted by atomic mass is 10.1. The van der Waals surface area contributed by atoms with Gasteiger partial charge in [-0.15, -0.1) is 0 Å². The molecule has 0 saturated heterocycles. The lowest BCUT2D eigenvalue weighted by Gasteiger charge is -2.18. The first-order valence-electron chi connectivity index (χ1n) is 6.75.